The maximum atomic E-state index is 11.3. The first-order valence-corrected chi connectivity index (χ1v) is 4.45. The lowest BCUT2D eigenvalue weighted by Gasteiger charge is -2.14. The number of amides is 2. The van der Waals surface area contributed by atoms with Gasteiger partial charge in [-0.3, -0.25) is 9.59 Å². The van der Waals surface area contributed by atoms with Gasteiger partial charge in [-0.15, -0.1) is 0 Å². The van der Waals surface area contributed by atoms with Gasteiger partial charge in [0.15, 0.2) is 0 Å². The van der Waals surface area contributed by atoms with Gasteiger partial charge in [-0.2, -0.15) is 5.26 Å². The molecule has 0 aromatic heterocycles. The molecule has 0 unspecified atom stereocenters. The highest BCUT2D eigenvalue weighted by Crippen LogP contribution is 2.11. The van der Waals surface area contributed by atoms with Crippen molar-refractivity contribution in [2.75, 3.05) is 19.8 Å². The number of hydrogen-bond acceptors (Lipinski definition) is 4. The molecule has 0 saturated heterocycles. The molecule has 0 fully saturated rings. The van der Waals surface area contributed by atoms with Gasteiger partial charge >= 0.3 is 0 Å². The van der Waals surface area contributed by atoms with Gasteiger partial charge in [0.25, 0.3) is 0 Å². The maximum absolute atomic E-state index is 11.3. The molecule has 0 atom stereocenters. The summed E-state index contributed by atoms with van der Waals surface area (Å²) in [6, 6.07) is 1.87. The number of primary amides is 1. The highest BCUT2D eigenvalue weighted by molar-refractivity contribution is 5.84. The molecule has 0 aromatic carbocycles. The molecule has 6 heteroatoms. The lowest BCUT2D eigenvalue weighted by atomic mass is 9.95. The van der Waals surface area contributed by atoms with E-state index in [9.17, 15) is 9.59 Å². The van der Waals surface area contributed by atoms with Gasteiger partial charge in [0.2, 0.25) is 11.8 Å². The van der Waals surface area contributed by atoms with E-state index in [1.54, 1.807) is 0 Å². The van der Waals surface area contributed by atoms with Crippen LogP contribution in [0.1, 0.15) is 13.8 Å². The molecule has 0 aromatic rings. The molecule has 0 rings (SSSR count). The van der Waals surface area contributed by atoms with Crippen molar-refractivity contribution in [3.05, 3.63) is 0 Å². The SMILES string of the molecule is CC(C)(C#N)C(=O)NCCOCC(N)=O. The Kier molecular flexibility index (Phi) is 5.34. The van der Waals surface area contributed by atoms with Crippen molar-refractivity contribution in [3.8, 4) is 6.07 Å². The fourth-order valence-electron chi connectivity index (χ4n) is 0.681. The Labute approximate surface area is 88.4 Å². The molecule has 84 valence electrons. The summed E-state index contributed by atoms with van der Waals surface area (Å²) in [5, 5.41) is 11.1. The topological polar surface area (TPSA) is 105 Å². The van der Waals surface area contributed by atoms with E-state index in [0.29, 0.717) is 0 Å². The number of ether oxygens (including phenoxy) is 1. The number of nitrogens with two attached hydrogens (primary N) is 1. The van der Waals surface area contributed by atoms with Crippen LogP contribution in [0.2, 0.25) is 0 Å². The van der Waals surface area contributed by atoms with Crippen LogP contribution in [-0.2, 0) is 14.3 Å². The minimum absolute atomic E-state index is 0.169. The van der Waals surface area contributed by atoms with Crippen molar-refractivity contribution in [2.24, 2.45) is 11.1 Å². The minimum atomic E-state index is -1.05. The first-order chi connectivity index (χ1) is 6.90. The second kappa shape index (κ2) is 5.98. The predicted molar refractivity (Wildman–Crippen MR) is 52.4 cm³/mol. The smallest absolute Gasteiger partial charge is 0.243 e. The average molecular weight is 213 g/mol. The summed E-state index contributed by atoms with van der Waals surface area (Å²) >= 11 is 0. The minimum Gasteiger partial charge on any atom is -0.370 e. The largest absolute Gasteiger partial charge is 0.370 e. The zero-order valence-corrected chi connectivity index (χ0v) is 8.87. The Morgan fingerprint density at radius 1 is 1.53 bits per heavy atom. The van der Waals surface area contributed by atoms with E-state index in [1.807, 2.05) is 6.07 Å². The third kappa shape index (κ3) is 5.65. The van der Waals surface area contributed by atoms with Crippen LogP contribution < -0.4 is 11.1 Å². The van der Waals surface area contributed by atoms with Gasteiger partial charge in [0, 0.05) is 6.54 Å². The lowest BCUT2D eigenvalue weighted by molar-refractivity contribution is -0.127. The Hall–Kier alpha value is -1.61. The molecule has 2 amide bonds. The molecule has 0 aliphatic carbocycles. The zero-order chi connectivity index (χ0) is 11.9. The Morgan fingerprint density at radius 2 is 2.13 bits per heavy atom. The van der Waals surface area contributed by atoms with Gasteiger partial charge in [0.1, 0.15) is 12.0 Å². The normalized spacial score (nSPS) is 10.5. The fraction of sp³-hybridized carbons (Fsp3) is 0.667. The van der Waals surface area contributed by atoms with E-state index in [-0.39, 0.29) is 25.7 Å². The van der Waals surface area contributed by atoms with Crippen LogP contribution in [-0.4, -0.2) is 31.6 Å². The van der Waals surface area contributed by atoms with Gasteiger partial charge in [0.05, 0.1) is 12.7 Å². The number of rotatable bonds is 6. The van der Waals surface area contributed by atoms with Crippen molar-refractivity contribution < 1.29 is 14.3 Å². The summed E-state index contributed by atoms with van der Waals surface area (Å²) in [6.45, 7) is 3.31. The van der Waals surface area contributed by atoms with Crippen LogP contribution in [0.25, 0.3) is 0 Å². The first kappa shape index (κ1) is 13.4. The van der Waals surface area contributed by atoms with Crippen LogP contribution in [0, 0.1) is 16.7 Å². The maximum Gasteiger partial charge on any atom is 0.243 e. The second-order valence-electron chi connectivity index (χ2n) is 3.51. The van der Waals surface area contributed by atoms with Crippen molar-refractivity contribution in [1.29, 1.82) is 5.26 Å². The number of nitrogens with zero attached hydrogens (tertiary/aromatic N) is 1. The summed E-state index contributed by atoms with van der Waals surface area (Å²) in [5.74, 6) is -0.925. The molecule has 0 spiro atoms. The summed E-state index contributed by atoms with van der Waals surface area (Å²) < 4.78 is 4.82. The molecular weight excluding hydrogens is 198 g/mol. The highest BCUT2D eigenvalue weighted by atomic mass is 16.5. The predicted octanol–water partition coefficient (Wildman–Crippen LogP) is -0.846. The van der Waals surface area contributed by atoms with Crippen molar-refractivity contribution in [1.82, 2.24) is 5.32 Å². The fourth-order valence-corrected chi connectivity index (χ4v) is 0.681. The molecule has 0 bridgehead atoms. The highest BCUT2D eigenvalue weighted by Gasteiger charge is 2.26. The average Bonchev–Trinajstić information content (AvgIpc) is 2.16. The van der Waals surface area contributed by atoms with Crippen LogP contribution in [0.5, 0.6) is 0 Å². The Balaban J connectivity index is 3.66. The van der Waals surface area contributed by atoms with Crippen LogP contribution in [0.15, 0.2) is 0 Å². The lowest BCUT2D eigenvalue weighted by Crippen LogP contribution is -2.38. The molecule has 3 N–H and O–H groups in total. The monoisotopic (exact) mass is 213 g/mol. The van der Waals surface area contributed by atoms with Crippen LogP contribution in [0.3, 0.4) is 0 Å². The molecule has 15 heavy (non-hydrogen) atoms. The van der Waals surface area contributed by atoms with Crippen LogP contribution >= 0.6 is 0 Å². The summed E-state index contributed by atoms with van der Waals surface area (Å²) in [6.07, 6.45) is 0. The number of nitriles is 1. The molecular formula is C9H15N3O3. The molecule has 0 aliphatic heterocycles. The van der Waals surface area contributed by atoms with Gasteiger partial charge in [-0.25, -0.2) is 0 Å². The van der Waals surface area contributed by atoms with E-state index in [1.165, 1.54) is 13.8 Å². The van der Waals surface area contributed by atoms with E-state index < -0.39 is 11.3 Å². The molecule has 6 nitrogen and oxygen atoms in total. The zero-order valence-electron chi connectivity index (χ0n) is 8.87. The van der Waals surface area contributed by atoms with Gasteiger partial charge < -0.3 is 15.8 Å². The van der Waals surface area contributed by atoms with E-state index in [0.717, 1.165) is 0 Å². The Bertz CT molecular complexity index is 281. The molecule has 0 saturated carbocycles. The summed E-state index contributed by atoms with van der Waals surface area (Å²) in [4.78, 5) is 21.6. The number of carbonyl (C=O) groups excluding carboxylic acids is 2. The molecule has 0 aliphatic rings. The number of hydrogen-bond donors (Lipinski definition) is 2. The Morgan fingerprint density at radius 3 is 2.60 bits per heavy atom. The molecule has 0 heterocycles. The van der Waals surface area contributed by atoms with E-state index in [2.05, 4.69) is 5.32 Å². The number of carbonyl (C=O) groups is 2. The summed E-state index contributed by atoms with van der Waals surface area (Å²) in [7, 11) is 0. The van der Waals surface area contributed by atoms with Crippen molar-refractivity contribution >= 4 is 11.8 Å². The quantitative estimate of drug-likeness (QED) is 0.561. The van der Waals surface area contributed by atoms with Gasteiger partial charge in [-0.05, 0) is 13.8 Å². The first-order valence-electron chi connectivity index (χ1n) is 4.45. The third-order valence-corrected chi connectivity index (χ3v) is 1.62. The summed E-state index contributed by atoms with van der Waals surface area (Å²) in [5.41, 5.74) is 3.78. The van der Waals surface area contributed by atoms with Crippen molar-refractivity contribution in [2.45, 2.75) is 13.8 Å². The van der Waals surface area contributed by atoms with Crippen molar-refractivity contribution in [3.63, 3.8) is 0 Å². The number of nitrogens with one attached hydrogen (secondary N) is 1. The third-order valence-electron chi connectivity index (χ3n) is 1.62. The van der Waals surface area contributed by atoms with E-state index in [4.69, 9.17) is 15.7 Å². The van der Waals surface area contributed by atoms with E-state index >= 15 is 0 Å². The van der Waals surface area contributed by atoms with Crippen LogP contribution in [0.4, 0.5) is 0 Å². The van der Waals surface area contributed by atoms with Gasteiger partial charge in [-0.1, -0.05) is 0 Å². The standard InChI is InChI=1S/C9H15N3O3/c1-9(2,6-10)8(14)12-3-4-15-5-7(11)13/h3-5H2,1-2H3,(H2,11,13)(H,12,14). The molecule has 0 radical (unpaired) electrons. The second-order valence-corrected chi connectivity index (χ2v) is 3.51.